The van der Waals surface area contributed by atoms with Gasteiger partial charge in [-0.25, -0.2) is 4.39 Å². The molecule has 0 aliphatic heterocycles. The summed E-state index contributed by atoms with van der Waals surface area (Å²) in [5, 5.41) is 5.06. The summed E-state index contributed by atoms with van der Waals surface area (Å²) in [6.07, 6.45) is 5.43. The van der Waals surface area contributed by atoms with Crippen LogP contribution in [0.5, 0.6) is 0 Å². The summed E-state index contributed by atoms with van der Waals surface area (Å²) in [6.45, 7) is 5.76. The van der Waals surface area contributed by atoms with Crippen LogP contribution in [0.4, 0.5) is 4.39 Å². The Morgan fingerprint density at radius 2 is 2.21 bits per heavy atom. The van der Waals surface area contributed by atoms with Crippen molar-refractivity contribution in [3.05, 3.63) is 41.4 Å². The van der Waals surface area contributed by atoms with E-state index in [4.69, 9.17) is 4.52 Å². The minimum Gasteiger partial charge on any atom is -0.356 e. The van der Waals surface area contributed by atoms with Gasteiger partial charge in [-0.15, -0.1) is 0 Å². The number of fused-ring (bicyclic) bond motifs is 1. The molecule has 24 heavy (non-hydrogen) atoms. The minimum atomic E-state index is -0.312. The predicted octanol–water partition coefficient (Wildman–Crippen LogP) is 4.32. The summed E-state index contributed by atoms with van der Waals surface area (Å²) in [5.41, 5.74) is 2.24. The van der Waals surface area contributed by atoms with Crippen LogP contribution in [0.25, 0.3) is 11.0 Å². The van der Waals surface area contributed by atoms with Crippen LogP contribution in [-0.2, 0) is 4.79 Å². The van der Waals surface area contributed by atoms with Crippen LogP contribution in [0, 0.1) is 5.82 Å². The first-order valence-electron chi connectivity index (χ1n) is 8.42. The topological polar surface area (TPSA) is 46.3 Å². The second-order valence-corrected chi connectivity index (χ2v) is 6.14. The van der Waals surface area contributed by atoms with E-state index in [-0.39, 0.29) is 11.7 Å². The Bertz CT molecular complexity index is 708. The lowest BCUT2D eigenvalue weighted by Crippen LogP contribution is -2.23. The molecule has 0 spiro atoms. The van der Waals surface area contributed by atoms with Crippen LogP contribution in [-0.4, -0.2) is 36.5 Å². The molecule has 0 aliphatic carbocycles. The van der Waals surface area contributed by atoms with Gasteiger partial charge in [0.2, 0.25) is 0 Å². The Labute approximate surface area is 142 Å². The van der Waals surface area contributed by atoms with Gasteiger partial charge in [-0.2, -0.15) is 0 Å². The summed E-state index contributed by atoms with van der Waals surface area (Å²) in [7, 11) is 2.06. The fourth-order valence-corrected chi connectivity index (χ4v) is 2.84. The van der Waals surface area contributed by atoms with Gasteiger partial charge in [-0.1, -0.05) is 18.2 Å². The monoisotopic (exact) mass is 332 g/mol. The van der Waals surface area contributed by atoms with Crippen molar-refractivity contribution in [2.24, 2.45) is 0 Å². The molecule has 0 bridgehead atoms. The lowest BCUT2D eigenvalue weighted by atomic mass is 9.95. The second kappa shape index (κ2) is 8.73. The van der Waals surface area contributed by atoms with Crippen molar-refractivity contribution in [2.75, 3.05) is 20.1 Å². The number of hydrogen-bond donors (Lipinski definition) is 0. The van der Waals surface area contributed by atoms with Gasteiger partial charge in [-0.3, -0.25) is 4.79 Å². The zero-order valence-electron chi connectivity index (χ0n) is 14.6. The number of benzene rings is 1. The van der Waals surface area contributed by atoms with Crippen molar-refractivity contribution < 1.29 is 13.7 Å². The lowest BCUT2D eigenvalue weighted by Gasteiger charge is -2.20. The van der Waals surface area contributed by atoms with Crippen LogP contribution < -0.4 is 0 Å². The summed E-state index contributed by atoms with van der Waals surface area (Å²) in [6, 6.07) is 4.56. The van der Waals surface area contributed by atoms with Gasteiger partial charge >= 0.3 is 0 Å². The Morgan fingerprint density at radius 3 is 2.88 bits per heavy atom. The number of allylic oxidation sites excluding steroid dienone is 1. The first-order valence-corrected chi connectivity index (χ1v) is 8.42. The molecule has 4 nitrogen and oxygen atoms in total. The first kappa shape index (κ1) is 18.3. The maximum Gasteiger partial charge on any atom is 0.170 e. The molecular formula is C19H25FN2O2. The van der Waals surface area contributed by atoms with Crippen molar-refractivity contribution in [1.82, 2.24) is 10.1 Å². The maximum atomic E-state index is 13.3. The number of hydrogen-bond acceptors (Lipinski definition) is 4. The van der Waals surface area contributed by atoms with E-state index in [1.54, 1.807) is 6.07 Å². The highest BCUT2D eigenvalue weighted by atomic mass is 19.1. The van der Waals surface area contributed by atoms with Crippen molar-refractivity contribution in [1.29, 1.82) is 0 Å². The van der Waals surface area contributed by atoms with Gasteiger partial charge in [0.15, 0.2) is 5.58 Å². The highest BCUT2D eigenvalue weighted by molar-refractivity contribution is 5.79. The molecule has 1 aromatic heterocycles. The smallest absolute Gasteiger partial charge is 0.170 e. The van der Waals surface area contributed by atoms with Gasteiger partial charge in [0.25, 0.3) is 0 Å². The van der Waals surface area contributed by atoms with Gasteiger partial charge in [0.1, 0.15) is 12.1 Å². The number of nitrogens with zero attached hydrogens (tertiary/aromatic N) is 2. The number of aldehydes is 1. The molecule has 0 amide bonds. The molecule has 0 saturated carbocycles. The second-order valence-electron chi connectivity index (χ2n) is 6.14. The quantitative estimate of drug-likeness (QED) is 0.507. The third kappa shape index (κ3) is 4.51. The Kier molecular flexibility index (Phi) is 6.67. The van der Waals surface area contributed by atoms with Crippen molar-refractivity contribution in [2.45, 2.75) is 39.0 Å². The van der Waals surface area contributed by atoms with Crippen LogP contribution in [0.3, 0.4) is 0 Å². The molecule has 0 N–H and O–H groups in total. The highest BCUT2D eigenvalue weighted by Gasteiger charge is 2.18. The fraction of sp³-hybridized carbons (Fsp3) is 0.474. The lowest BCUT2D eigenvalue weighted by molar-refractivity contribution is -0.105. The molecular weight excluding hydrogens is 307 g/mol. The molecule has 0 fully saturated rings. The molecule has 1 aromatic carbocycles. The Balaban J connectivity index is 1.97. The van der Waals surface area contributed by atoms with Crippen LogP contribution in [0.15, 0.2) is 34.4 Å². The number of halogens is 1. The van der Waals surface area contributed by atoms with Crippen LogP contribution >= 0.6 is 0 Å². The molecule has 5 heteroatoms. The standard InChI is InChI=1S/C19H25FN2O2/c1-4-14(13-23)8-10-22(3)11-9-15(5-2)19-17-7-6-16(20)12-18(17)24-21-19/h4,6-7,12-13,15H,5,8-11H2,1-3H3/b14-4+. The highest BCUT2D eigenvalue weighted by Crippen LogP contribution is 2.30. The molecule has 0 saturated heterocycles. The van der Waals surface area contributed by atoms with E-state index < -0.39 is 0 Å². The Morgan fingerprint density at radius 1 is 1.42 bits per heavy atom. The van der Waals surface area contributed by atoms with Crippen LogP contribution in [0.2, 0.25) is 0 Å². The largest absolute Gasteiger partial charge is 0.356 e. The normalized spacial score (nSPS) is 13.6. The molecule has 0 radical (unpaired) electrons. The molecule has 1 atom stereocenters. The van der Waals surface area contributed by atoms with E-state index in [1.165, 1.54) is 12.1 Å². The first-order chi connectivity index (χ1) is 11.6. The molecule has 0 aliphatic rings. The van der Waals surface area contributed by atoms with E-state index >= 15 is 0 Å². The number of aromatic nitrogens is 1. The molecule has 130 valence electrons. The minimum absolute atomic E-state index is 0.270. The fourth-order valence-electron chi connectivity index (χ4n) is 2.84. The zero-order valence-corrected chi connectivity index (χ0v) is 14.6. The van der Waals surface area contributed by atoms with Gasteiger partial charge in [0, 0.05) is 23.9 Å². The van der Waals surface area contributed by atoms with Gasteiger partial charge < -0.3 is 9.42 Å². The van der Waals surface area contributed by atoms with Crippen molar-refractivity contribution in [3.63, 3.8) is 0 Å². The average Bonchev–Trinajstić information content (AvgIpc) is 2.99. The summed E-state index contributed by atoms with van der Waals surface area (Å²) in [5.74, 6) is -0.0423. The summed E-state index contributed by atoms with van der Waals surface area (Å²) in [4.78, 5) is 13.1. The van der Waals surface area contributed by atoms with E-state index in [2.05, 4.69) is 24.0 Å². The van der Waals surface area contributed by atoms with Crippen LogP contribution in [0.1, 0.15) is 44.7 Å². The number of carbonyl (C=O) groups is 1. The van der Waals surface area contributed by atoms with Crippen molar-refractivity contribution >= 4 is 17.3 Å². The zero-order chi connectivity index (χ0) is 17.5. The third-order valence-corrected chi connectivity index (χ3v) is 4.51. The molecule has 2 rings (SSSR count). The van der Waals surface area contributed by atoms with Gasteiger partial charge in [-0.05, 0) is 57.5 Å². The number of rotatable bonds is 9. The maximum absolute atomic E-state index is 13.3. The predicted molar refractivity (Wildman–Crippen MR) is 93.6 cm³/mol. The number of carbonyl (C=O) groups excluding carboxylic acids is 1. The third-order valence-electron chi connectivity index (χ3n) is 4.51. The van der Waals surface area contributed by atoms with E-state index in [1.807, 2.05) is 13.0 Å². The van der Waals surface area contributed by atoms with Crippen molar-refractivity contribution in [3.8, 4) is 0 Å². The van der Waals surface area contributed by atoms with E-state index in [0.717, 1.165) is 55.3 Å². The van der Waals surface area contributed by atoms with E-state index in [9.17, 15) is 9.18 Å². The van der Waals surface area contributed by atoms with E-state index in [0.29, 0.717) is 5.58 Å². The molecule has 2 aromatic rings. The molecule has 1 unspecified atom stereocenters. The Hall–Kier alpha value is -2.01. The van der Waals surface area contributed by atoms with Gasteiger partial charge in [0.05, 0.1) is 5.69 Å². The summed E-state index contributed by atoms with van der Waals surface area (Å²) < 4.78 is 18.5. The SMILES string of the molecule is C/C=C(/C=O)CCN(C)CCC(CC)c1noc2cc(F)ccc12. The molecule has 1 heterocycles. The summed E-state index contributed by atoms with van der Waals surface area (Å²) >= 11 is 0. The average molecular weight is 332 g/mol.